The Hall–Kier alpha value is -5.65. The molecule has 4 aromatic carbocycles. The van der Waals surface area contributed by atoms with Gasteiger partial charge >= 0.3 is 0 Å². The predicted molar refractivity (Wildman–Crippen MR) is 213 cm³/mol. The van der Waals surface area contributed by atoms with Crippen LogP contribution in [-0.4, -0.2) is 68.1 Å². The van der Waals surface area contributed by atoms with Crippen molar-refractivity contribution >= 4 is 72.3 Å². The number of carbonyl (C=O) groups is 4. The lowest BCUT2D eigenvalue weighted by atomic mass is 9.86. The minimum absolute atomic E-state index is 0.0194. The molecule has 2 atom stereocenters. The lowest BCUT2D eigenvalue weighted by Crippen LogP contribution is -2.46. The zero-order valence-corrected chi connectivity index (χ0v) is 33.7. The molecule has 2 aliphatic heterocycles. The summed E-state index contributed by atoms with van der Waals surface area (Å²) in [6.07, 6.45) is 7.07. The molecule has 0 spiro atoms. The molecule has 4 aliphatic rings. The summed E-state index contributed by atoms with van der Waals surface area (Å²) in [4.78, 5) is 61.9. The van der Waals surface area contributed by atoms with Crippen LogP contribution in [0.4, 0.5) is 17.1 Å². The summed E-state index contributed by atoms with van der Waals surface area (Å²) in [5.74, 6) is -5.41. The molecule has 58 heavy (non-hydrogen) atoms. The number of nitrogens with one attached hydrogen (secondary N) is 2. The number of non-ortho nitro benzene ring substituents is 1. The van der Waals surface area contributed by atoms with Crippen LogP contribution in [0.1, 0.15) is 70.9 Å². The molecule has 8 rings (SSSR count). The van der Waals surface area contributed by atoms with Crippen LogP contribution in [-0.2, 0) is 64.9 Å². The van der Waals surface area contributed by atoms with Gasteiger partial charge in [-0.05, 0) is 127 Å². The Labute approximate surface area is 339 Å². The lowest BCUT2D eigenvalue weighted by Gasteiger charge is -2.32. The zero-order valence-electron chi connectivity index (χ0n) is 31.4. The molecule has 4 amide bonds. The number of nitro groups is 1. The van der Waals surface area contributed by atoms with E-state index in [2.05, 4.69) is 10.6 Å². The average Bonchev–Trinajstić information content (AvgIpc) is 3.19. The van der Waals surface area contributed by atoms with Gasteiger partial charge < -0.3 is 10.6 Å². The molecule has 0 bridgehead atoms. The Bertz CT molecular complexity index is 2630. The Kier molecular flexibility index (Phi) is 10.9. The van der Waals surface area contributed by atoms with Gasteiger partial charge in [0.05, 0.1) is 14.7 Å². The van der Waals surface area contributed by atoms with Crippen LogP contribution in [0.3, 0.4) is 0 Å². The van der Waals surface area contributed by atoms with Gasteiger partial charge in [0.1, 0.15) is 11.8 Å². The molecular formula is C40H38ClN5O10S2. The molecule has 2 unspecified atom stereocenters. The SMILES string of the molecule is CN1C(=O)C(C(=O)Nc2ccc([N+](=O)[O-])cc2)c2cc3c(cc2S1(=O)=O)CCCC3.CN1C(=O)C(C(=O)Nc2cccc(Cl)c2)c2cc3c(cc2S1(=O)=O)CCCC3. The van der Waals surface area contributed by atoms with Crippen LogP contribution >= 0.6 is 11.6 Å². The molecule has 15 nitrogen and oxygen atoms in total. The number of amides is 4. The first-order valence-electron chi connectivity index (χ1n) is 18.5. The van der Waals surface area contributed by atoms with Crippen LogP contribution < -0.4 is 10.6 Å². The standard InChI is InChI=1S/C20H19ClN2O4S.C20H19N3O6S/c1-23-20(25)18(19(24)22-15-8-4-7-14(21)11-15)16-9-12-5-2-3-6-13(12)10-17(16)28(23,26)27;1-22-20(25)18(19(24)21-14-6-8-15(9-7-14)23(26)27)16-10-12-4-2-3-5-13(12)11-17(16)30(22,28)29/h4,7-11,18H,2-3,5-6H2,1H3,(H,22,24);6-11,18H,2-5H2,1H3,(H,21,24). The molecule has 302 valence electrons. The van der Waals surface area contributed by atoms with Crippen LogP contribution in [0.25, 0.3) is 0 Å². The molecule has 0 saturated heterocycles. The molecule has 2 N–H and O–H groups in total. The number of sulfonamides is 2. The molecule has 4 aromatic rings. The molecule has 18 heteroatoms. The number of hydrogen-bond acceptors (Lipinski definition) is 10. The smallest absolute Gasteiger partial charge is 0.269 e. The maximum atomic E-state index is 13.0. The van der Waals surface area contributed by atoms with Gasteiger partial charge in [-0.3, -0.25) is 29.3 Å². The van der Waals surface area contributed by atoms with Crippen molar-refractivity contribution in [3.05, 3.63) is 121 Å². The van der Waals surface area contributed by atoms with Crippen LogP contribution in [0.2, 0.25) is 5.02 Å². The molecule has 2 heterocycles. The van der Waals surface area contributed by atoms with E-state index < -0.39 is 60.4 Å². The first kappa shape index (κ1) is 40.5. The van der Waals surface area contributed by atoms with Gasteiger partial charge in [-0.1, -0.05) is 29.8 Å². The van der Waals surface area contributed by atoms with Crippen LogP contribution in [0.15, 0.2) is 82.6 Å². The van der Waals surface area contributed by atoms with Crippen molar-refractivity contribution in [2.75, 3.05) is 24.7 Å². The summed E-state index contributed by atoms with van der Waals surface area (Å²) >= 11 is 5.96. The highest BCUT2D eigenvalue weighted by atomic mass is 35.5. The Morgan fingerprint density at radius 1 is 0.655 bits per heavy atom. The molecule has 0 fully saturated rings. The highest BCUT2D eigenvalue weighted by Crippen LogP contribution is 2.40. The van der Waals surface area contributed by atoms with Crippen molar-refractivity contribution < 1.29 is 40.9 Å². The number of rotatable bonds is 5. The number of likely N-dealkylation sites (N-methyl/N-ethyl adjacent to an activating group) is 2. The third-order valence-electron chi connectivity index (χ3n) is 10.9. The number of anilines is 2. The van der Waals surface area contributed by atoms with E-state index in [4.69, 9.17) is 11.6 Å². The van der Waals surface area contributed by atoms with Crippen LogP contribution in [0, 0.1) is 10.1 Å². The largest absolute Gasteiger partial charge is 0.325 e. The van der Waals surface area contributed by atoms with E-state index in [-0.39, 0.29) is 32.3 Å². The second-order valence-corrected chi connectivity index (χ2v) is 18.8. The van der Waals surface area contributed by atoms with Gasteiger partial charge in [-0.2, -0.15) is 0 Å². The van der Waals surface area contributed by atoms with E-state index in [1.807, 2.05) is 0 Å². The van der Waals surface area contributed by atoms with E-state index in [0.29, 0.717) is 19.3 Å². The second-order valence-electron chi connectivity index (χ2n) is 14.5. The van der Waals surface area contributed by atoms with Crippen molar-refractivity contribution in [1.82, 2.24) is 8.61 Å². The first-order valence-corrected chi connectivity index (χ1v) is 21.7. The van der Waals surface area contributed by atoms with Crippen LogP contribution in [0.5, 0.6) is 0 Å². The second kappa shape index (κ2) is 15.6. The fourth-order valence-electron chi connectivity index (χ4n) is 7.79. The van der Waals surface area contributed by atoms with Gasteiger partial charge in [0.25, 0.3) is 37.5 Å². The summed E-state index contributed by atoms with van der Waals surface area (Å²) in [6, 6.07) is 18.4. The summed E-state index contributed by atoms with van der Waals surface area (Å²) < 4.78 is 52.6. The number of halogens is 1. The molecule has 0 aromatic heterocycles. The number of benzene rings is 4. The van der Waals surface area contributed by atoms with E-state index in [1.54, 1.807) is 48.5 Å². The summed E-state index contributed by atoms with van der Waals surface area (Å²) in [7, 11) is -5.66. The van der Waals surface area contributed by atoms with E-state index in [0.717, 1.165) is 80.7 Å². The van der Waals surface area contributed by atoms with Gasteiger partial charge in [-0.15, -0.1) is 0 Å². The summed E-state index contributed by atoms with van der Waals surface area (Å²) in [6.45, 7) is 0. The molecule has 0 saturated carbocycles. The van der Waals surface area contributed by atoms with Crippen molar-refractivity contribution in [1.29, 1.82) is 0 Å². The van der Waals surface area contributed by atoms with E-state index in [9.17, 15) is 46.1 Å². The van der Waals surface area contributed by atoms with E-state index in [1.165, 1.54) is 31.3 Å². The maximum Gasteiger partial charge on any atom is 0.269 e. The van der Waals surface area contributed by atoms with Gasteiger partial charge in [-0.25, -0.2) is 25.4 Å². The maximum absolute atomic E-state index is 13.0. The quantitative estimate of drug-likeness (QED) is 0.147. The number of hydrogen-bond donors (Lipinski definition) is 2. The highest BCUT2D eigenvalue weighted by molar-refractivity contribution is 7.90. The third-order valence-corrected chi connectivity index (χ3v) is 14.8. The molecular weight excluding hydrogens is 810 g/mol. The third kappa shape index (κ3) is 7.44. The monoisotopic (exact) mass is 847 g/mol. The minimum Gasteiger partial charge on any atom is -0.325 e. The van der Waals surface area contributed by atoms with Crippen molar-refractivity contribution in [3.8, 4) is 0 Å². The van der Waals surface area contributed by atoms with Gasteiger partial charge in [0, 0.05) is 42.6 Å². The van der Waals surface area contributed by atoms with Crippen molar-refractivity contribution in [2.45, 2.75) is 73.0 Å². The fraction of sp³-hybridized carbons (Fsp3) is 0.300. The Morgan fingerprint density at radius 3 is 1.48 bits per heavy atom. The minimum atomic E-state index is -4.03. The topological polar surface area (TPSA) is 210 Å². The number of nitro benzene ring substituents is 1. The van der Waals surface area contributed by atoms with Crippen molar-refractivity contribution in [3.63, 3.8) is 0 Å². The Morgan fingerprint density at radius 2 is 1.07 bits per heavy atom. The molecule has 2 aliphatic carbocycles. The van der Waals surface area contributed by atoms with Crippen molar-refractivity contribution in [2.24, 2.45) is 0 Å². The number of fused-ring (bicyclic) bond motifs is 4. The molecule has 0 radical (unpaired) electrons. The van der Waals surface area contributed by atoms with E-state index >= 15 is 0 Å². The van der Waals surface area contributed by atoms with Gasteiger partial charge in [0.15, 0.2) is 0 Å². The lowest BCUT2D eigenvalue weighted by molar-refractivity contribution is -0.384. The van der Waals surface area contributed by atoms with Gasteiger partial charge in [0.2, 0.25) is 11.8 Å². The predicted octanol–water partition coefficient (Wildman–Crippen LogP) is 5.46. The number of nitrogens with zero attached hydrogens (tertiary/aromatic N) is 3. The summed E-state index contributed by atoms with van der Waals surface area (Å²) in [5.41, 5.74) is 4.89. The first-order chi connectivity index (χ1) is 27.5. The normalized spacial score (nSPS) is 19.9. The fourth-order valence-corrected chi connectivity index (χ4v) is 10.8. The summed E-state index contributed by atoms with van der Waals surface area (Å²) in [5, 5.41) is 16.5. The average molecular weight is 848 g/mol. The highest BCUT2D eigenvalue weighted by Gasteiger charge is 2.46. The zero-order chi connectivity index (χ0) is 41.7. The Balaban J connectivity index is 0.000000177. The number of aryl methyl sites for hydroxylation is 4. The number of carbonyl (C=O) groups excluding carboxylic acids is 4.